The van der Waals surface area contributed by atoms with Crippen LogP contribution in [-0.4, -0.2) is 30.3 Å². The number of unbranched alkanes of at least 4 members (excludes halogenated alkanes) is 3. The van der Waals surface area contributed by atoms with Crippen LogP contribution < -0.4 is 0 Å². The van der Waals surface area contributed by atoms with Gasteiger partial charge in [-0.05, 0) is 63.2 Å². The monoisotopic (exact) mass is 279 g/mol. The molecule has 1 aliphatic heterocycles. The van der Waals surface area contributed by atoms with Crippen LogP contribution in [0.4, 0.5) is 0 Å². The molecule has 1 nitrogen and oxygen atoms in total. The maximum Gasteiger partial charge on any atom is 0.00719 e. The molecule has 0 amide bonds. The Hall–Kier alpha value is -0.470. The van der Waals surface area contributed by atoms with Crippen LogP contribution in [0.25, 0.3) is 0 Å². The highest BCUT2D eigenvalue weighted by molar-refractivity contribution is 7.99. The summed E-state index contributed by atoms with van der Waals surface area (Å²) < 4.78 is 0. The van der Waals surface area contributed by atoms with Crippen molar-refractivity contribution in [2.45, 2.75) is 50.8 Å². The molecule has 1 heterocycles. The van der Waals surface area contributed by atoms with Crippen molar-refractivity contribution in [3.8, 4) is 0 Å². The highest BCUT2D eigenvalue weighted by atomic mass is 32.2. The summed E-state index contributed by atoms with van der Waals surface area (Å²) in [5.41, 5.74) is 0. The third-order valence-corrected chi connectivity index (χ3v) is 4.68. The fraction of sp³-hybridized carbons (Fsp3) is 0.647. The summed E-state index contributed by atoms with van der Waals surface area (Å²) in [7, 11) is 0. The normalized spacial score (nSPS) is 15.4. The Labute approximate surface area is 123 Å². The molecule has 1 saturated heterocycles. The van der Waals surface area contributed by atoms with E-state index in [0.717, 1.165) is 0 Å². The van der Waals surface area contributed by atoms with Gasteiger partial charge in [0.2, 0.25) is 0 Å². The predicted octanol–water partition coefficient (Wildman–Crippen LogP) is 5.07. The van der Waals surface area contributed by atoms with Gasteiger partial charge >= 0.3 is 0 Å². The molecule has 19 heavy (non-hydrogen) atoms. The largest absolute Gasteiger partial charge is 0.303 e. The van der Waals surface area contributed by atoms with Crippen molar-refractivity contribution in [3.05, 3.63) is 30.3 Å². The second kappa shape index (κ2) is 10.3. The van der Waals surface area contributed by atoms with Crippen LogP contribution >= 0.6 is 11.8 Å². The fourth-order valence-corrected chi connectivity index (χ4v) is 3.44. The topological polar surface area (TPSA) is 3.24 Å². The van der Waals surface area contributed by atoms with E-state index in [9.17, 15) is 0 Å². The molecule has 0 atom stereocenters. The third-order valence-electron chi connectivity index (χ3n) is 3.58. The van der Waals surface area contributed by atoms with Crippen LogP contribution in [0, 0.1) is 0 Å². The lowest BCUT2D eigenvalue weighted by atomic mass is 10.2. The molecule has 2 rings (SSSR count). The minimum absolute atomic E-state index is 0. The average molecular weight is 279 g/mol. The molecule has 0 spiro atoms. The lowest BCUT2D eigenvalue weighted by molar-refractivity contribution is 0.328. The number of thioether (sulfide) groups is 1. The first-order chi connectivity index (χ1) is 8.95. The van der Waals surface area contributed by atoms with Crippen LogP contribution in [0.15, 0.2) is 35.2 Å². The van der Waals surface area contributed by atoms with E-state index in [1.54, 1.807) is 0 Å². The molecule has 0 aliphatic carbocycles. The van der Waals surface area contributed by atoms with Gasteiger partial charge in [0.1, 0.15) is 0 Å². The minimum Gasteiger partial charge on any atom is -0.303 e. The van der Waals surface area contributed by atoms with Crippen molar-refractivity contribution >= 4 is 11.8 Å². The Morgan fingerprint density at radius 2 is 1.58 bits per heavy atom. The molecule has 0 unspecified atom stereocenters. The average Bonchev–Trinajstić information content (AvgIpc) is 2.92. The summed E-state index contributed by atoms with van der Waals surface area (Å²) in [6, 6.07) is 10.7. The number of likely N-dealkylation sites (tertiary alicyclic amines) is 1. The summed E-state index contributed by atoms with van der Waals surface area (Å²) in [4.78, 5) is 4.04. The Balaban J connectivity index is 0.00000180. The summed E-state index contributed by atoms with van der Waals surface area (Å²) in [5, 5.41) is 0. The molecule has 1 fully saturated rings. The van der Waals surface area contributed by atoms with E-state index in [-0.39, 0.29) is 7.43 Å². The van der Waals surface area contributed by atoms with Crippen molar-refractivity contribution < 1.29 is 0 Å². The van der Waals surface area contributed by atoms with Gasteiger partial charge in [-0.15, -0.1) is 11.8 Å². The summed E-state index contributed by atoms with van der Waals surface area (Å²) in [5.74, 6) is 1.27. The van der Waals surface area contributed by atoms with Crippen LogP contribution in [0.5, 0.6) is 0 Å². The standard InChI is InChI=1S/C16H25NS.CH4/c1(6-12-17-13-7-8-14-17)2-9-15-18-16-10-4-3-5-11-16;/h3-5,10-11H,1-2,6-9,12-15H2;1H4. The van der Waals surface area contributed by atoms with Crippen molar-refractivity contribution in [2.24, 2.45) is 0 Å². The SMILES string of the molecule is C.c1ccc(SCCCCCCN2CCCC2)cc1. The van der Waals surface area contributed by atoms with Crippen LogP contribution in [-0.2, 0) is 0 Å². The fourth-order valence-electron chi connectivity index (χ4n) is 2.50. The number of hydrogen-bond acceptors (Lipinski definition) is 2. The van der Waals surface area contributed by atoms with Crippen LogP contribution in [0.2, 0.25) is 0 Å². The predicted molar refractivity (Wildman–Crippen MR) is 88.0 cm³/mol. The quantitative estimate of drug-likeness (QED) is 0.483. The Bertz CT molecular complexity index is 306. The van der Waals surface area contributed by atoms with Gasteiger partial charge < -0.3 is 4.90 Å². The van der Waals surface area contributed by atoms with E-state index in [2.05, 4.69) is 35.2 Å². The molecule has 0 N–H and O–H groups in total. The molecular formula is C17H29NS. The zero-order chi connectivity index (χ0) is 12.5. The first kappa shape index (κ1) is 16.6. The molecule has 108 valence electrons. The number of hydrogen-bond donors (Lipinski definition) is 0. The van der Waals surface area contributed by atoms with Crippen LogP contribution in [0.1, 0.15) is 46.0 Å². The molecule has 0 radical (unpaired) electrons. The Morgan fingerprint density at radius 1 is 0.895 bits per heavy atom. The van der Waals surface area contributed by atoms with E-state index in [0.29, 0.717) is 0 Å². The maximum absolute atomic E-state index is 2.62. The molecule has 1 aromatic rings. The van der Waals surface area contributed by atoms with Crippen molar-refractivity contribution in [1.29, 1.82) is 0 Å². The first-order valence-electron chi connectivity index (χ1n) is 7.35. The lowest BCUT2D eigenvalue weighted by Gasteiger charge is -2.13. The smallest absolute Gasteiger partial charge is 0.00719 e. The second-order valence-corrected chi connectivity index (χ2v) is 6.29. The van der Waals surface area contributed by atoms with Gasteiger partial charge in [-0.3, -0.25) is 0 Å². The van der Waals surface area contributed by atoms with Gasteiger partial charge in [0.05, 0.1) is 0 Å². The minimum atomic E-state index is 0. The van der Waals surface area contributed by atoms with Crippen LogP contribution in [0.3, 0.4) is 0 Å². The summed E-state index contributed by atoms with van der Waals surface area (Å²) >= 11 is 1.99. The van der Waals surface area contributed by atoms with Gasteiger partial charge in [-0.1, -0.05) is 38.5 Å². The highest BCUT2D eigenvalue weighted by Gasteiger charge is 2.09. The van der Waals surface area contributed by atoms with Crippen molar-refractivity contribution in [2.75, 3.05) is 25.4 Å². The van der Waals surface area contributed by atoms with Gasteiger partial charge in [0.15, 0.2) is 0 Å². The third kappa shape index (κ3) is 7.03. The Morgan fingerprint density at radius 3 is 2.32 bits per heavy atom. The van der Waals surface area contributed by atoms with Gasteiger partial charge in [0.25, 0.3) is 0 Å². The highest BCUT2D eigenvalue weighted by Crippen LogP contribution is 2.19. The van der Waals surface area contributed by atoms with Crippen molar-refractivity contribution in [3.63, 3.8) is 0 Å². The van der Waals surface area contributed by atoms with E-state index in [1.165, 1.54) is 68.8 Å². The number of benzene rings is 1. The molecule has 1 aromatic carbocycles. The van der Waals surface area contributed by atoms with E-state index in [1.807, 2.05) is 11.8 Å². The van der Waals surface area contributed by atoms with E-state index < -0.39 is 0 Å². The lowest BCUT2D eigenvalue weighted by Crippen LogP contribution is -2.20. The van der Waals surface area contributed by atoms with Crippen molar-refractivity contribution in [1.82, 2.24) is 4.90 Å². The molecule has 2 heteroatoms. The number of rotatable bonds is 8. The summed E-state index contributed by atoms with van der Waals surface area (Å²) in [6.07, 6.45) is 8.41. The van der Waals surface area contributed by atoms with Gasteiger partial charge in [-0.25, -0.2) is 0 Å². The zero-order valence-corrected chi connectivity index (χ0v) is 12.1. The van der Waals surface area contributed by atoms with Gasteiger partial charge in [0, 0.05) is 4.90 Å². The second-order valence-electron chi connectivity index (χ2n) is 5.12. The van der Waals surface area contributed by atoms with E-state index in [4.69, 9.17) is 0 Å². The van der Waals surface area contributed by atoms with Gasteiger partial charge in [-0.2, -0.15) is 0 Å². The molecule has 0 saturated carbocycles. The van der Waals surface area contributed by atoms with E-state index >= 15 is 0 Å². The Kier molecular flexibility index (Phi) is 9.02. The zero-order valence-electron chi connectivity index (χ0n) is 11.3. The molecule has 0 aromatic heterocycles. The molecule has 1 aliphatic rings. The maximum atomic E-state index is 2.62. The molecule has 0 bridgehead atoms. The number of nitrogens with zero attached hydrogens (tertiary/aromatic N) is 1. The first-order valence-corrected chi connectivity index (χ1v) is 8.34. The molecular weight excluding hydrogens is 250 g/mol. The summed E-state index contributed by atoms with van der Waals surface area (Å²) in [6.45, 7) is 4.04.